The average Bonchev–Trinajstić information content (AvgIpc) is 3.08. The van der Waals surface area contributed by atoms with E-state index < -0.39 is 5.92 Å². The Hall–Kier alpha value is -3.24. The summed E-state index contributed by atoms with van der Waals surface area (Å²) in [6.45, 7) is 7.63. The Morgan fingerprint density at radius 1 is 1.37 bits per heavy atom. The van der Waals surface area contributed by atoms with Crippen molar-refractivity contribution in [3.63, 3.8) is 0 Å². The molecule has 1 unspecified atom stereocenters. The predicted molar refractivity (Wildman–Crippen MR) is 125 cm³/mol. The van der Waals surface area contributed by atoms with Crippen molar-refractivity contribution < 1.29 is 14.6 Å². The molecule has 30 heavy (non-hydrogen) atoms. The lowest BCUT2D eigenvalue weighted by Gasteiger charge is -2.05. The summed E-state index contributed by atoms with van der Waals surface area (Å²) >= 11 is 1.15. The van der Waals surface area contributed by atoms with Crippen LogP contribution in [0.15, 0.2) is 48.3 Å². The van der Waals surface area contributed by atoms with Gasteiger partial charge in [0.15, 0.2) is 5.78 Å². The number of allylic oxidation sites excluding steroid dienone is 3. The van der Waals surface area contributed by atoms with E-state index in [1.54, 1.807) is 38.3 Å². The lowest BCUT2D eigenvalue weighted by atomic mass is 10.0. The van der Waals surface area contributed by atoms with Crippen LogP contribution in [0.5, 0.6) is 5.75 Å². The topological polar surface area (TPSA) is 108 Å². The number of benzene rings is 1. The highest BCUT2D eigenvalue weighted by molar-refractivity contribution is 7.19. The molecule has 6 nitrogen and oxygen atoms in total. The summed E-state index contributed by atoms with van der Waals surface area (Å²) in [6.07, 6.45) is 5.46. The molecule has 1 atom stereocenters. The highest BCUT2D eigenvalue weighted by Crippen LogP contribution is 2.38. The second-order valence-corrected chi connectivity index (χ2v) is 7.08. The lowest BCUT2D eigenvalue weighted by Crippen LogP contribution is -2.09. The average molecular weight is 428 g/mol. The van der Waals surface area contributed by atoms with Gasteiger partial charge in [0.05, 0.1) is 17.7 Å². The molecule has 7 heteroatoms. The number of nitrogen functional groups attached to an aromatic ring is 1. The zero-order valence-electron chi connectivity index (χ0n) is 18.0. The Balaban J connectivity index is 0.00000218. The molecule has 0 amide bonds. The molecule has 0 radical (unpaired) electrons. The molecule has 0 fully saturated rings. The number of nitrogens with two attached hydrogens (primary N) is 1. The number of carbonyl (C=O) groups is 1. The van der Waals surface area contributed by atoms with Crippen molar-refractivity contribution in [1.29, 1.82) is 5.26 Å². The number of aliphatic hydroxyl groups is 1. The number of ketones is 1. The van der Waals surface area contributed by atoms with Gasteiger partial charge in [-0.1, -0.05) is 33.8 Å². The van der Waals surface area contributed by atoms with Crippen molar-refractivity contribution in [1.82, 2.24) is 0 Å². The van der Waals surface area contributed by atoms with E-state index in [1.165, 1.54) is 6.08 Å². The molecule has 0 aliphatic carbocycles. The third-order valence-corrected chi connectivity index (χ3v) is 5.15. The summed E-state index contributed by atoms with van der Waals surface area (Å²) < 4.78 is 5.13. The van der Waals surface area contributed by atoms with Crippen molar-refractivity contribution in [2.45, 2.75) is 34.1 Å². The molecule has 4 N–H and O–H groups in total. The summed E-state index contributed by atoms with van der Waals surface area (Å²) in [5.74, 6) is 0.130. The SMILES string of the molecule is CC.CC/C=C(O)\C=C/C(C)C(=O)c1sc(Nc2ccc(OC)cc2)c(C#N)c1N. The first-order valence-corrected chi connectivity index (χ1v) is 10.6. The van der Waals surface area contributed by atoms with Gasteiger partial charge in [-0.05, 0) is 42.8 Å². The van der Waals surface area contributed by atoms with E-state index in [9.17, 15) is 15.2 Å². The normalized spacial score (nSPS) is 11.9. The summed E-state index contributed by atoms with van der Waals surface area (Å²) in [5.41, 5.74) is 7.24. The monoisotopic (exact) mass is 427 g/mol. The van der Waals surface area contributed by atoms with E-state index in [-0.39, 0.29) is 22.8 Å². The third-order valence-electron chi connectivity index (χ3n) is 4.01. The molecular weight excluding hydrogens is 398 g/mol. The van der Waals surface area contributed by atoms with Gasteiger partial charge >= 0.3 is 0 Å². The Morgan fingerprint density at radius 3 is 2.53 bits per heavy atom. The fourth-order valence-corrected chi connectivity index (χ4v) is 3.57. The van der Waals surface area contributed by atoms with Gasteiger partial charge in [-0.25, -0.2) is 0 Å². The van der Waals surface area contributed by atoms with E-state index in [0.29, 0.717) is 22.0 Å². The number of methoxy groups -OCH3 is 1. The van der Waals surface area contributed by atoms with Crippen LogP contribution in [0.3, 0.4) is 0 Å². The van der Waals surface area contributed by atoms with Crippen LogP contribution in [0.2, 0.25) is 0 Å². The smallest absolute Gasteiger partial charge is 0.181 e. The molecule has 1 aromatic carbocycles. The van der Waals surface area contributed by atoms with Gasteiger partial charge in [0.1, 0.15) is 28.1 Å². The molecule has 1 heterocycles. The number of anilines is 3. The van der Waals surface area contributed by atoms with E-state index in [1.807, 2.05) is 32.9 Å². The summed E-state index contributed by atoms with van der Waals surface area (Å²) in [4.78, 5) is 13.1. The van der Waals surface area contributed by atoms with Crippen LogP contribution in [-0.4, -0.2) is 18.0 Å². The number of hydrogen-bond donors (Lipinski definition) is 3. The quantitative estimate of drug-likeness (QED) is 0.263. The van der Waals surface area contributed by atoms with Crippen LogP contribution < -0.4 is 15.8 Å². The number of aliphatic hydroxyl groups excluding tert-OH is 1. The van der Waals surface area contributed by atoms with E-state index in [2.05, 4.69) is 11.4 Å². The molecule has 160 valence electrons. The van der Waals surface area contributed by atoms with E-state index >= 15 is 0 Å². The third kappa shape index (κ3) is 6.39. The van der Waals surface area contributed by atoms with Gasteiger partial charge in [-0.15, -0.1) is 11.3 Å². The van der Waals surface area contributed by atoms with Gasteiger partial charge in [-0.3, -0.25) is 4.79 Å². The largest absolute Gasteiger partial charge is 0.508 e. The first kappa shape index (κ1) is 24.8. The number of rotatable bonds is 8. The minimum atomic E-state index is -0.492. The van der Waals surface area contributed by atoms with Gasteiger partial charge < -0.3 is 20.9 Å². The van der Waals surface area contributed by atoms with Gasteiger partial charge in [0.25, 0.3) is 0 Å². The van der Waals surface area contributed by atoms with E-state index in [0.717, 1.165) is 17.0 Å². The number of hydrogen-bond acceptors (Lipinski definition) is 7. The Bertz CT molecular complexity index is 938. The summed E-state index contributed by atoms with van der Waals surface area (Å²) in [7, 11) is 1.58. The van der Waals surface area contributed by atoms with Crippen LogP contribution >= 0.6 is 11.3 Å². The minimum Gasteiger partial charge on any atom is -0.508 e. The molecule has 0 aliphatic rings. The number of Topliss-reactive ketones (excluding diaryl/α,β-unsaturated/α-hetero) is 1. The first-order valence-electron chi connectivity index (χ1n) is 9.76. The number of nitrogens with one attached hydrogen (secondary N) is 1. The van der Waals surface area contributed by atoms with Crippen LogP contribution in [-0.2, 0) is 0 Å². The zero-order chi connectivity index (χ0) is 22.7. The second kappa shape index (κ2) is 12.3. The van der Waals surface area contributed by atoms with E-state index in [4.69, 9.17) is 10.5 Å². The maximum Gasteiger partial charge on any atom is 0.181 e. The number of carbonyl (C=O) groups excluding carboxylic acids is 1. The van der Waals surface area contributed by atoms with Crippen LogP contribution in [0.4, 0.5) is 16.4 Å². The summed E-state index contributed by atoms with van der Waals surface area (Å²) in [6, 6.07) is 9.27. The molecule has 2 aromatic rings. The highest BCUT2D eigenvalue weighted by atomic mass is 32.1. The predicted octanol–water partition coefficient (Wildman–Crippen LogP) is 6.21. The van der Waals surface area contributed by atoms with Gasteiger partial charge in [0, 0.05) is 11.6 Å². The van der Waals surface area contributed by atoms with Crippen LogP contribution in [0, 0.1) is 17.2 Å². The molecule has 0 saturated heterocycles. The zero-order valence-corrected chi connectivity index (χ0v) is 18.8. The van der Waals surface area contributed by atoms with Crippen LogP contribution in [0.1, 0.15) is 49.4 Å². The number of nitrogens with zero attached hydrogens (tertiary/aromatic N) is 1. The molecule has 1 aromatic heterocycles. The maximum atomic E-state index is 12.8. The van der Waals surface area contributed by atoms with Gasteiger partial charge in [-0.2, -0.15) is 5.26 Å². The number of thiophene rings is 1. The number of ether oxygens (including phenoxy) is 1. The van der Waals surface area contributed by atoms with Gasteiger partial charge in [0.2, 0.25) is 0 Å². The molecular formula is C23H29N3O3S. The molecule has 0 spiro atoms. The van der Waals surface area contributed by atoms with Crippen LogP contribution in [0.25, 0.3) is 0 Å². The summed E-state index contributed by atoms with van der Waals surface area (Å²) in [5, 5.41) is 22.8. The van der Waals surface area contributed by atoms with Crippen molar-refractivity contribution >= 4 is 33.5 Å². The molecule has 0 bridgehead atoms. The minimum absolute atomic E-state index is 0.112. The van der Waals surface area contributed by atoms with Crippen molar-refractivity contribution in [2.24, 2.45) is 5.92 Å². The maximum absolute atomic E-state index is 12.8. The Kier molecular flexibility index (Phi) is 10.2. The molecule has 2 rings (SSSR count). The molecule has 0 aliphatic heterocycles. The molecule has 0 saturated carbocycles. The Labute approximate surface area is 182 Å². The number of nitriles is 1. The van der Waals surface area contributed by atoms with Crippen molar-refractivity contribution in [3.05, 3.63) is 58.7 Å². The van der Waals surface area contributed by atoms with Crippen molar-refractivity contribution in [2.75, 3.05) is 18.2 Å². The lowest BCUT2D eigenvalue weighted by molar-refractivity contribution is 0.0958. The Morgan fingerprint density at radius 2 is 2.00 bits per heavy atom. The fraction of sp³-hybridized carbons (Fsp3) is 0.304. The second-order valence-electron chi connectivity index (χ2n) is 6.06. The van der Waals surface area contributed by atoms with Crippen molar-refractivity contribution in [3.8, 4) is 11.8 Å². The standard InChI is InChI=1S/C21H23N3O3S.C2H6/c1-4-5-15(25)9-6-13(2)19(26)20-18(23)17(12-22)21(28-20)24-14-7-10-16(27-3)11-8-14;1-2/h5-11,13,24-25H,4,23H2,1-3H3;1-2H3/b9-6-,15-5+;. The highest BCUT2D eigenvalue weighted by Gasteiger charge is 2.23. The first-order chi connectivity index (χ1) is 14.4. The fourth-order valence-electron chi connectivity index (χ4n) is 2.45.